The molecule has 0 aliphatic heterocycles. The number of aliphatic hydroxyl groups is 1. The van der Waals surface area contributed by atoms with Crippen LogP contribution in [0, 0.1) is 0 Å². The zero-order valence-corrected chi connectivity index (χ0v) is 19.8. The first-order chi connectivity index (χ1) is 14.1. The van der Waals surface area contributed by atoms with E-state index in [2.05, 4.69) is 24.0 Å². The van der Waals surface area contributed by atoms with Crippen LogP contribution in [0.5, 0.6) is 0 Å². The minimum atomic E-state index is 0.0556. The highest BCUT2D eigenvalue weighted by Crippen LogP contribution is 2.11. The second-order valence-corrected chi connectivity index (χ2v) is 8.60. The molecule has 0 fully saturated rings. The molecular formula is C25H50N2O2. The molecule has 172 valence electrons. The maximum Gasteiger partial charge on any atom is 0.222 e. The van der Waals surface area contributed by atoms with Crippen LogP contribution in [0.1, 0.15) is 103 Å². The van der Waals surface area contributed by atoms with Crippen molar-refractivity contribution in [2.24, 2.45) is 0 Å². The maximum absolute atomic E-state index is 12.3. The summed E-state index contributed by atoms with van der Waals surface area (Å²) in [6.07, 6.45) is 22.9. The molecule has 4 heteroatoms. The molecule has 0 aliphatic rings. The Morgan fingerprint density at radius 3 is 1.83 bits per heavy atom. The lowest BCUT2D eigenvalue weighted by Crippen LogP contribution is -2.35. The summed E-state index contributed by atoms with van der Waals surface area (Å²) in [5.74, 6) is 0.204. The van der Waals surface area contributed by atoms with Gasteiger partial charge in [0.2, 0.25) is 5.91 Å². The molecule has 0 heterocycles. The Hall–Kier alpha value is -0.870. The van der Waals surface area contributed by atoms with Crippen molar-refractivity contribution in [1.29, 1.82) is 0 Å². The molecule has 29 heavy (non-hydrogen) atoms. The number of aliphatic hydroxyl groups excluding tert-OH is 1. The standard InChI is InChI=1S/C25H50N2O2/c1-4-5-6-7-8-9-10-11-12-13-14-15-16-17-18-20-25(29)27(23-24-28)22-19-21-26(2)3/h11-12,28H,4-10,13-24H2,1-3H3. The third-order valence-corrected chi connectivity index (χ3v) is 5.41. The molecule has 0 aromatic carbocycles. The fraction of sp³-hybridized carbons (Fsp3) is 0.880. The molecule has 0 spiro atoms. The molecule has 1 N–H and O–H groups in total. The number of hydrogen-bond donors (Lipinski definition) is 1. The number of unbranched alkanes of at least 4 members (excludes halogenated alkanes) is 11. The van der Waals surface area contributed by atoms with Crippen LogP contribution in [0.3, 0.4) is 0 Å². The molecule has 0 radical (unpaired) electrons. The van der Waals surface area contributed by atoms with E-state index in [9.17, 15) is 9.90 Å². The zero-order chi connectivity index (χ0) is 21.6. The molecule has 0 saturated heterocycles. The Morgan fingerprint density at radius 1 is 0.724 bits per heavy atom. The second kappa shape index (κ2) is 21.8. The number of nitrogens with zero attached hydrogens (tertiary/aromatic N) is 2. The van der Waals surface area contributed by atoms with Crippen molar-refractivity contribution in [3.63, 3.8) is 0 Å². The van der Waals surface area contributed by atoms with Gasteiger partial charge in [-0.25, -0.2) is 0 Å². The quantitative estimate of drug-likeness (QED) is 0.192. The molecular weight excluding hydrogens is 360 g/mol. The zero-order valence-electron chi connectivity index (χ0n) is 19.8. The van der Waals surface area contributed by atoms with Crippen molar-refractivity contribution in [1.82, 2.24) is 9.80 Å². The topological polar surface area (TPSA) is 43.8 Å². The highest BCUT2D eigenvalue weighted by atomic mass is 16.3. The molecule has 0 aliphatic carbocycles. The number of carbonyl (C=O) groups is 1. The van der Waals surface area contributed by atoms with Gasteiger partial charge in [0.05, 0.1) is 6.61 Å². The average molecular weight is 411 g/mol. The van der Waals surface area contributed by atoms with Gasteiger partial charge in [-0.15, -0.1) is 0 Å². The Labute approximate surface area is 181 Å². The van der Waals surface area contributed by atoms with Crippen LogP contribution in [0.25, 0.3) is 0 Å². The van der Waals surface area contributed by atoms with E-state index in [1.165, 1.54) is 70.6 Å². The van der Waals surface area contributed by atoms with Crippen molar-refractivity contribution >= 4 is 5.91 Å². The molecule has 0 aromatic heterocycles. The summed E-state index contributed by atoms with van der Waals surface area (Å²) in [4.78, 5) is 16.3. The van der Waals surface area contributed by atoms with Gasteiger partial charge in [-0.05, 0) is 59.2 Å². The summed E-state index contributed by atoms with van der Waals surface area (Å²) in [5.41, 5.74) is 0. The van der Waals surface area contributed by atoms with Gasteiger partial charge >= 0.3 is 0 Å². The first-order valence-corrected chi connectivity index (χ1v) is 12.3. The highest BCUT2D eigenvalue weighted by Gasteiger charge is 2.12. The largest absolute Gasteiger partial charge is 0.395 e. The molecule has 0 unspecified atom stereocenters. The first-order valence-electron chi connectivity index (χ1n) is 12.3. The maximum atomic E-state index is 12.3. The SMILES string of the molecule is CCCCCCCCC=CCCCCCCCC(=O)N(CCO)CCCN(C)C. The second-order valence-electron chi connectivity index (χ2n) is 8.60. The average Bonchev–Trinajstić information content (AvgIpc) is 2.69. The lowest BCUT2D eigenvalue weighted by molar-refractivity contribution is -0.132. The van der Waals surface area contributed by atoms with Gasteiger partial charge in [0, 0.05) is 19.5 Å². The summed E-state index contributed by atoms with van der Waals surface area (Å²) < 4.78 is 0. The Bertz CT molecular complexity index is 383. The van der Waals surface area contributed by atoms with Gasteiger partial charge in [-0.2, -0.15) is 0 Å². The van der Waals surface area contributed by atoms with Crippen LogP contribution in [0.15, 0.2) is 12.2 Å². The van der Waals surface area contributed by atoms with E-state index in [-0.39, 0.29) is 12.5 Å². The highest BCUT2D eigenvalue weighted by molar-refractivity contribution is 5.76. The van der Waals surface area contributed by atoms with Gasteiger partial charge in [0.1, 0.15) is 0 Å². The Balaban J connectivity index is 3.55. The minimum absolute atomic E-state index is 0.0556. The predicted octanol–water partition coefficient (Wildman–Crippen LogP) is 5.80. The van der Waals surface area contributed by atoms with Gasteiger partial charge in [-0.3, -0.25) is 4.79 Å². The van der Waals surface area contributed by atoms with Crippen molar-refractivity contribution in [2.75, 3.05) is 40.3 Å². The summed E-state index contributed by atoms with van der Waals surface area (Å²) in [6.45, 7) is 4.52. The third-order valence-electron chi connectivity index (χ3n) is 5.41. The van der Waals surface area contributed by atoms with Gasteiger partial charge in [-0.1, -0.05) is 70.4 Å². The van der Waals surface area contributed by atoms with E-state index in [1.54, 1.807) is 0 Å². The smallest absolute Gasteiger partial charge is 0.222 e. The van der Waals surface area contributed by atoms with E-state index in [0.29, 0.717) is 13.0 Å². The predicted molar refractivity (Wildman–Crippen MR) is 126 cm³/mol. The molecule has 1 amide bonds. The Kier molecular flexibility index (Phi) is 21.2. The molecule has 0 saturated carbocycles. The third kappa shape index (κ3) is 20.2. The van der Waals surface area contributed by atoms with Gasteiger partial charge in [0.15, 0.2) is 0 Å². The van der Waals surface area contributed by atoms with E-state index < -0.39 is 0 Å². The Morgan fingerprint density at radius 2 is 1.28 bits per heavy atom. The van der Waals surface area contributed by atoms with Crippen LogP contribution in [0.4, 0.5) is 0 Å². The monoisotopic (exact) mass is 410 g/mol. The number of rotatable bonds is 21. The van der Waals surface area contributed by atoms with Crippen LogP contribution < -0.4 is 0 Å². The van der Waals surface area contributed by atoms with Crippen molar-refractivity contribution in [3.8, 4) is 0 Å². The van der Waals surface area contributed by atoms with E-state index in [0.717, 1.165) is 32.4 Å². The van der Waals surface area contributed by atoms with Crippen molar-refractivity contribution < 1.29 is 9.90 Å². The van der Waals surface area contributed by atoms with Gasteiger partial charge < -0.3 is 14.9 Å². The summed E-state index contributed by atoms with van der Waals surface area (Å²) >= 11 is 0. The molecule has 0 aromatic rings. The normalized spacial score (nSPS) is 11.6. The number of hydrogen-bond acceptors (Lipinski definition) is 3. The van der Waals surface area contributed by atoms with E-state index >= 15 is 0 Å². The lowest BCUT2D eigenvalue weighted by Gasteiger charge is -2.22. The van der Waals surface area contributed by atoms with Crippen molar-refractivity contribution in [2.45, 2.75) is 103 Å². The first kappa shape index (κ1) is 28.1. The minimum Gasteiger partial charge on any atom is -0.395 e. The summed E-state index contributed by atoms with van der Waals surface area (Å²) in [6, 6.07) is 0. The van der Waals surface area contributed by atoms with Gasteiger partial charge in [0.25, 0.3) is 0 Å². The lowest BCUT2D eigenvalue weighted by atomic mass is 10.1. The fourth-order valence-electron chi connectivity index (χ4n) is 3.56. The summed E-state index contributed by atoms with van der Waals surface area (Å²) in [5, 5.41) is 9.19. The van der Waals surface area contributed by atoms with E-state index in [1.807, 2.05) is 19.0 Å². The molecule has 0 atom stereocenters. The fourth-order valence-corrected chi connectivity index (χ4v) is 3.56. The summed E-state index contributed by atoms with van der Waals surface area (Å²) in [7, 11) is 4.09. The van der Waals surface area contributed by atoms with Crippen molar-refractivity contribution in [3.05, 3.63) is 12.2 Å². The molecule has 0 bridgehead atoms. The molecule has 0 rings (SSSR count). The van der Waals surface area contributed by atoms with E-state index in [4.69, 9.17) is 0 Å². The van der Waals surface area contributed by atoms with Crippen LogP contribution >= 0.6 is 0 Å². The van der Waals surface area contributed by atoms with Crippen LogP contribution in [0.2, 0.25) is 0 Å². The van der Waals surface area contributed by atoms with Crippen LogP contribution in [-0.2, 0) is 4.79 Å². The number of amides is 1. The van der Waals surface area contributed by atoms with Crippen LogP contribution in [-0.4, -0.2) is 61.2 Å². The number of carbonyl (C=O) groups excluding carboxylic acids is 1. The molecule has 4 nitrogen and oxygen atoms in total. The number of allylic oxidation sites excluding steroid dienone is 2.